The summed E-state index contributed by atoms with van der Waals surface area (Å²) < 4.78 is 48.9. The Hall–Kier alpha value is -5.16. The minimum atomic E-state index is -3.12. The second kappa shape index (κ2) is 10.7. The molecule has 0 amide bonds. The van der Waals surface area contributed by atoms with E-state index in [0.717, 1.165) is 5.56 Å². The van der Waals surface area contributed by atoms with Gasteiger partial charge < -0.3 is 24.4 Å². The fourth-order valence-corrected chi connectivity index (χ4v) is 4.85. The molecule has 0 spiro atoms. The van der Waals surface area contributed by atoms with Crippen LogP contribution in [-0.2, 0) is 0 Å². The first-order valence-electron chi connectivity index (χ1n) is 13.0. The van der Waals surface area contributed by atoms with E-state index in [1.807, 2.05) is 13.0 Å². The van der Waals surface area contributed by atoms with Gasteiger partial charge in [0.1, 0.15) is 24.5 Å². The van der Waals surface area contributed by atoms with Crippen LogP contribution in [0.25, 0.3) is 16.6 Å². The highest BCUT2D eigenvalue weighted by molar-refractivity contribution is 6.01. The van der Waals surface area contributed by atoms with Gasteiger partial charge in [-0.15, -0.1) is 0 Å². The molecule has 42 heavy (non-hydrogen) atoms. The number of aryl methyl sites for hydroxylation is 1. The fourth-order valence-electron chi connectivity index (χ4n) is 4.85. The Bertz CT molecular complexity index is 1840. The van der Waals surface area contributed by atoms with Gasteiger partial charge in [0, 0.05) is 30.9 Å². The highest BCUT2D eigenvalue weighted by Crippen LogP contribution is 2.43. The average Bonchev–Trinajstić information content (AvgIpc) is 3.44. The number of nitrogens with zero attached hydrogens (tertiary/aromatic N) is 8. The molecule has 5 heterocycles. The van der Waals surface area contributed by atoms with Crippen LogP contribution in [0.4, 0.5) is 20.2 Å². The summed E-state index contributed by atoms with van der Waals surface area (Å²) in [6.45, 7) is 1.85. The number of hydrogen-bond donors (Lipinski definition) is 1. The van der Waals surface area contributed by atoms with Crippen LogP contribution < -0.4 is 19.5 Å². The zero-order valence-corrected chi connectivity index (χ0v) is 22.9. The van der Waals surface area contributed by atoms with E-state index in [0.29, 0.717) is 46.1 Å². The second-order valence-corrected chi connectivity index (χ2v) is 9.91. The van der Waals surface area contributed by atoms with Crippen molar-refractivity contribution in [3.05, 3.63) is 60.4 Å². The maximum Gasteiger partial charge on any atom is 0.296 e. The molecule has 1 N–H and O–H groups in total. The zero-order chi connectivity index (χ0) is 29.4. The van der Waals surface area contributed by atoms with Crippen molar-refractivity contribution in [3.63, 3.8) is 0 Å². The highest BCUT2D eigenvalue weighted by Gasteiger charge is 2.46. The number of ether oxygens (including phenoxy) is 3. The van der Waals surface area contributed by atoms with E-state index in [1.54, 1.807) is 30.1 Å². The Balaban J connectivity index is 1.37. The number of nitriles is 1. The summed E-state index contributed by atoms with van der Waals surface area (Å²) in [5.41, 5.74) is 2.80. The van der Waals surface area contributed by atoms with Gasteiger partial charge >= 0.3 is 0 Å². The van der Waals surface area contributed by atoms with Crippen LogP contribution in [0.15, 0.2) is 49.3 Å². The Morgan fingerprint density at radius 1 is 1.14 bits per heavy atom. The number of halogens is 2. The Labute approximate surface area is 238 Å². The molecule has 1 saturated heterocycles. The third kappa shape index (κ3) is 5.06. The topological polar surface area (TPSA) is 136 Å². The molecule has 0 bridgehead atoms. The smallest absolute Gasteiger partial charge is 0.296 e. The molecular weight excluding hydrogens is 548 g/mol. The van der Waals surface area contributed by atoms with Gasteiger partial charge in [-0.1, -0.05) is 0 Å². The maximum atomic E-state index is 15.0. The number of pyridine rings is 2. The van der Waals surface area contributed by atoms with Crippen LogP contribution in [0.5, 0.6) is 23.3 Å². The number of alkyl halides is 2. The van der Waals surface area contributed by atoms with Crippen molar-refractivity contribution >= 4 is 27.9 Å². The average molecular weight is 574 g/mol. The molecule has 1 fully saturated rings. The van der Waals surface area contributed by atoms with E-state index in [4.69, 9.17) is 14.2 Å². The molecule has 0 saturated carbocycles. The molecule has 0 unspecified atom stereocenters. The van der Waals surface area contributed by atoms with Crippen LogP contribution in [-0.4, -0.2) is 73.7 Å². The number of likely N-dealkylation sites (tertiary alicyclic amines) is 1. The molecule has 5 aromatic rings. The van der Waals surface area contributed by atoms with Crippen LogP contribution in [0, 0.1) is 18.3 Å². The van der Waals surface area contributed by atoms with Gasteiger partial charge in [0.15, 0.2) is 17.5 Å². The highest BCUT2D eigenvalue weighted by atomic mass is 19.3. The number of anilines is 2. The molecule has 1 aliphatic rings. The number of fused-ring (bicyclic) bond motifs is 2. The largest absolute Gasteiger partial charge is 0.478 e. The van der Waals surface area contributed by atoms with Crippen molar-refractivity contribution in [1.29, 1.82) is 5.26 Å². The SMILES string of the molecule is COc1ncc2ncc(C#N)c(Nc3ccc(Oc4cc5ncnn5cn4)c(C)c3)c2c1O[C@@H]1CCN(C)CC1(F)F. The standard InChI is InChI=1S/C28H25F2N9O3/c1-16-8-18(4-5-20(16)41-23-9-22-34-14-36-39(22)15-35-23)37-25-17(10-31)11-32-19-12-33-27(40-3)26(24(19)25)42-21-6-7-38(2)13-28(21,29)30/h4-5,8-9,11-12,14-15,21H,6-7,13H2,1-3H3,(H,32,37)/t21-/m1/s1. The van der Waals surface area contributed by atoms with E-state index < -0.39 is 18.6 Å². The summed E-state index contributed by atoms with van der Waals surface area (Å²) in [4.78, 5) is 18.5. The van der Waals surface area contributed by atoms with Gasteiger partial charge in [0.05, 0.1) is 42.0 Å². The number of methoxy groups -OCH3 is 1. The van der Waals surface area contributed by atoms with E-state index in [9.17, 15) is 14.0 Å². The third-order valence-corrected chi connectivity index (χ3v) is 6.94. The van der Waals surface area contributed by atoms with Crippen LogP contribution in [0.3, 0.4) is 0 Å². The molecule has 0 aliphatic carbocycles. The molecule has 214 valence electrons. The van der Waals surface area contributed by atoms with E-state index in [2.05, 4.69) is 36.4 Å². The van der Waals surface area contributed by atoms with Gasteiger partial charge in [-0.2, -0.15) is 10.4 Å². The molecule has 14 heteroatoms. The Morgan fingerprint density at radius 2 is 2.00 bits per heavy atom. The number of aromatic nitrogens is 6. The number of rotatable bonds is 7. The summed E-state index contributed by atoms with van der Waals surface area (Å²) in [5, 5.41) is 17.5. The quantitative estimate of drug-likeness (QED) is 0.295. The molecule has 4 aromatic heterocycles. The molecule has 0 radical (unpaired) electrons. The van der Waals surface area contributed by atoms with Crippen LogP contribution in [0.1, 0.15) is 17.5 Å². The van der Waals surface area contributed by atoms with Crippen LogP contribution >= 0.6 is 0 Å². The lowest BCUT2D eigenvalue weighted by atomic mass is 10.0. The number of piperidine rings is 1. The Kier molecular flexibility index (Phi) is 6.87. The first-order chi connectivity index (χ1) is 20.3. The van der Waals surface area contributed by atoms with Crippen LogP contribution in [0.2, 0.25) is 0 Å². The predicted octanol–water partition coefficient (Wildman–Crippen LogP) is 4.51. The van der Waals surface area contributed by atoms with Crippen molar-refractivity contribution in [2.75, 3.05) is 32.6 Å². The number of nitrogens with one attached hydrogen (secondary N) is 1. The third-order valence-electron chi connectivity index (χ3n) is 6.94. The zero-order valence-electron chi connectivity index (χ0n) is 22.9. The van der Waals surface area contributed by atoms with Gasteiger partial charge in [0.25, 0.3) is 11.8 Å². The summed E-state index contributed by atoms with van der Waals surface area (Å²) in [5.74, 6) is -2.22. The molecule has 1 atom stereocenters. The normalized spacial score (nSPS) is 16.7. The maximum absolute atomic E-state index is 15.0. The van der Waals surface area contributed by atoms with Crippen molar-refractivity contribution in [2.24, 2.45) is 0 Å². The molecule has 6 rings (SSSR count). The minimum Gasteiger partial charge on any atom is -0.478 e. The fraction of sp³-hybridized carbons (Fsp3) is 0.286. The predicted molar refractivity (Wildman–Crippen MR) is 148 cm³/mol. The van der Waals surface area contributed by atoms with Crippen molar-refractivity contribution in [2.45, 2.75) is 25.4 Å². The summed E-state index contributed by atoms with van der Waals surface area (Å²) in [6, 6.07) is 9.12. The molecule has 12 nitrogen and oxygen atoms in total. The van der Waals surface area contributed by atoms with Gasteiger partial charge in [-0.3, -0.25) is 4.98 Å². The Morgan fingerprint density at radius 3 is 2.76 bits per heavy atom. The van der Waals surface area contributed by atoms with Gasteiger partial charge in [-0.05, 0) is 37.7 Å². The monoisotopic (exact) mass is 573 g/mol. The molecule has 1 aromatic carbocycles. The van der Waals surface area contributed by atoms with E-state index >= 15 is 0 Å². The van der Waals surface area contributed by atoms with Crippen molar-refractivity contribution in [3.8, 4) is 29.3 Å². The van der Waals surface area contributed by atoms with E-state index in [1.165, 1.54) is 36.7 Å². The lowest BCUT2D eigenvalue weighted by Crippen LogP contribution is -2.52. The van der Waals surface area contributed by atoms with Gasteiger partial charge in [-0.25, -0.2) is 28.2 Å². The molecular formula is C28H25F2N9O3. The summed E-state index contributed by atoms with van der Waals surface area (Å²) >= 11 is 0. The minimum absolute atomic E-state index is 0.00856. The van der Waals surface area contributed by atoms with Crippen molar-refractivity contribution in [1.82, 2.24) is 34.4 Å². The first kappa shape index (κ1) is 27.0. The molecule has 1 aliphatic heterocycles. The van der Waals surface area contributed by atoms with Gasteiger partial charge in [0.2, 0.25) is 5.88 Å². The lowest BCUT2D eigenvalue weighted by molar-refractivity contribution is -0.135. The van der Waals surface area contributed by atoms with E-state index in [-0.39, 0.29) is 23.6 Å². The number of hydrogen-bond acceptors (Lipinski definition) is 11. The first-order valence-corrected chi connectivity index (χ1v) is 13.0. The summed E-state index contributed by atoms with van der Waals surface area (Å²) in [7, 11) is 3.01. The lowest BCUT2D eigenvalue weighted by Gasteiger charge is -2.36. The number of benzene rings is 1. The van der Waals surface area contributed by atoms with Crippen molar-refractivity contribution < 1.29 is 23.0 Å². The summed E-state index contributed by atoms with van der Waals surface area (Å²) in [6.07, 6.45) is 4.44. The second-order valence-electron chi connectivity index (χ2n) is 9.91.